The van der Waals surface area contributed by atoms with Gasteiger partial charge in [0.15, 0.2) is 11.5 Å². The van der Waals surface area contributed by atoms with Crippen molar-refractivity contribution in [2.45, 2.75) is 0 Å². The lowest BCUT2D eigenvalue weighted by molar-refractivity contribution is -0.117. The van der Waals surface area contributed by atoms with Crippen LogP contribution in [-0.2, 0) is 4.79 Å². The highest BCUT2D eigenvalue weighted by Gasteiger charge is 2.17. The fraction of sp³-hybridized carbons (Fsp3) is 0.115. The highest BCUT2D eigenvalue weighted by Crippen LogP contribution is 2.36. The summed E-state index contributed by atoms with van der Waals surface area (Å²) in [6.45, 7) is 0.157. The minimum atomic E-state index is -0.570. The lowest BCUT2D eigenvalue weighted by Crippen LogP contribution is -2.32. The van der Waals surface area contributed by atoms with E-state index in [0.717, 1.165) is 15.7 Å². The second kappa shape index (κ2) is 10.9. The predicted octanol–water partition coefficient (Wildman–Crippen LogP) is 4.17. The number of anilines is 1. The highest BCUT2D eigenvalue weighted by molar-refractivity contribution is 9.10. The number of halogens is 1. The van der Waals surface area contributed by atoms with Crippen LogP contribution in [0.1, 0.15) is 21.5 Å². The molecule has 0 saturated carbocycles. The molecule has 0 aromatic heterocycles. The molecule has 0 aliphatic carbocycles. The summed E-state index contributed by atoms with van der Waals surface area (Å²) in [4.78, 5) is 27.7. The molecule has 3 aromatic carbocycles. The normalized spacial score (nSPS) is 12.5. The summed E-state index contributed by atoms with van der Waals surface area (Å²) in [6.07, 6.45) is 3.08. The number of ether oxygens (including phenoxy) is 2. The zero-order chi connectivity index (χ0) is 24.8. The third kappa shape index (κ3) is 6.07. The summed E-state index contributed by atoms with van der Waals surface area (Å²) >= 11 is 3.45. The van der Waals surface area contributed by atoms with Gasteiger partial charge >= 0.3 is 0 Å². The van der Waals surface area contributed by atoms with Crippen LogP contribution in [0.4, 0.5) is 5.69 Å². The van der Waals surface area contributed by atoms with Crippen LogP contribution in [-0.4, -0.2) is 38.9 Å². The Morgan fingerprint density at radius 2 is 1.69 bits per heavy atom. The summed E-state index contributed by atoms with van der Waals surface area (Å²) in [5.41, 5.74) is 5.41. The van der Waals surface area contributed by atoms with Gasteiger partial charge in [0.25, 0.3) is 11.8 Å². The van der Waals surface area contributed by atoms with Crippen LogP contribution in [0, 0.1) is 0 Å². The SMILES string of the molecule is CN(C)c1ccc(C=C(NC(=O)c2ccccc2)C(=O)NN=Cc2cc3c(cc2Br)OCO3)cc1. The molecule has 8 nitrogen and oxygen atoms in total. The first-order valence-electron chi connectivity index (χ1n) is 10.7. The maximum Gasteiger partial charge on any atom is 0.287 e. The van der Waals surface area contributed by atoms with Crippen LogP contribution >= 0.6 is 15.9 Å². The third-order valence-electron chi connectivity index (χ3n) is 5.11. The second-order valence-corrected chi connectivity index (χ2v) is 8.64. The summed E-state index contributed by atoms with van der Waals surface area (Å²) in [6, 6.07) is 19.8. The van der Waals surface area contributed by atoms with E-state index in [0.29, 0.717) is 22.6 Å². The smallest absolute Gasteiger partial charge is 0.287 e. The molecule has 1 aliphatic rings. The van der Waals surface area contributed by atoms with Crippen LogP contribution in [0.3, 0.4) is 0 Å². The van der Waals surface area contributed by atoms with Crippen LogP contribution in [0.2, 0.25) is 0 Å². The second-order valence-electron chi connectivity index (χ2n) is 7.79. The number of hydrogen-bond donors (Lipinski definition) is 2. The Hall–Kier alpha value is -4.11. The number of benzene rings is 3. The number of rotatable bonds is 7. The van der Waals surface area contributed by atoms with Crippen molar-refractivity contribution in [3.8, 4) is 11.5 Å². The first kappa shape index (κ1) is 24.0. The molecule has 35 heavy (non-hydrogen) atoms. The molecule has 4 rings (SSSR count). The molecule has 1 heterocycles. The molecule has 2 N–H and O–H groups in total. The molecular weight excluding hydrogens is 512 g/mol. The van der Waals surface area contributed by atoms with Crippen molar-refractivity contribution in [3.63, 3.8) is 0 Å². The monoisotopic (exact) mass is 534 g/mol. The molecule has 2 amide bonds. The van der Waals surface area contributed by atoms with Gasteiger partial charge in [-0.25, -0.2) is 5.43 Å². The maximum atomic E-state index is 13.0. The third-order valence-corrected chi connectivity index (χ3v) is 5.80. The Kier molecular flexibility index (Phi) is 7.47. The number of hydrogen-bond acceptors (Lipinski definition) is 6. The van der Waals surface area contributed by atoms with Gasteiger partial charge in [-0.1, -0.05) is 30.3 Å². The van der Waals surface area contributed by atoms with Crippen molar-refractivity contribution in [1.29, 1.82) is 0 Å². The molecule has 0 saturated heterocycles. The molecule has 178 valence electrons. The van der Waals surface area contributed by atoms with E-state index >= 15 is 0 Å². The van der Waals surface area contributed by atoms with Crippen molar-refractivity contribution in [1.82, 2.24) is 10.7 Å². The van der Waals surface area contributed by atoms with E-state index in [4.69, 9.17) is 9.47 Å². The molecular formula is C26H23BrN4O4. The van der Waals surface area contributed by atoms with E-state index < -0.39 is 11.8 Å². The lowest BCUT2D eigenvalue weighted by Gasteiger charge is -2.12. The van der Waals surface area contributed by atoms with E-state index in [-0.39, 0.29) is 12.5 Å². The quantitative estimate of drug-likeness (QED) is 0.269. The Balaban J connectivity index is 1.54. The van der Waals surface area contributed by atoms with Crippen molar-refractivity contribution < 1.29 is 19.1 Å². The van der Waals surface area contributed by atoms with Crippen molar-refractivity contribution in [3.05, 3.63) is 93.6 Å². The Morgan fingerprint density at radius 1 is 1.00 bits per heavy atom. The van der Waals surface area contributed by atoms with Gasteiger partial charge in [0.05, 0.1) is 6.21 Å². The standard InChI is InChI=1S/C26H23BrN4O4/c1-31(2)20-10-8-17(9-11-20)12-22(29-25(32)18-6-4-3-5-7-18)26(33)30-28-15-19-13-23-24(14-21(19)27)35-16-34-23/h3-15H,16H2,1-2H3,(H,29,32)(H,30,33). The van der Waals surface area contributed by atoms with Gasteiger partial charge in [-0.05, 0) is 64.0 Å². The van der Waals surface area contributed by atoms with Crippen LogP contribution in [0.5, 0.6) is 11.5 Å². The summed E-state index contributed by atoms with van der Waals surface area (Å²) in [7, 11) is 3.89. The molecule has 9 heteroatoms. The Bertz CT molecular complexity index is 1290. The number of amides is 2. The first-order valence-corrected chi connectivity index (χ1v) is 11.5. The number of nitrogens with one attached hydrogen (secondary N) is 2. The zero-order valence-electron chi connectivity index (χ0n) is 19.1. The number of carbonyl (C=O) groups is 2. The average Bonchev–Trinajstić information content (AvgIpc) is 3.31. The Labute approximate surface area is 211 Å². The van der Waals surface area contributed by atoms with Gasteiger partial charge in [0, 0.05) is 35.4 Å². The largest absolute Gasteiger partial charge is 0.454 e. The summed E-state index contributed by atoms with van der Waals surface area (Å²) < 4.78 is 11.5. The van der Waals surface area contributed by atoms with Crippen LogP contribution in [0.25, 0.3) is 6.08 Å². The van der Waals surface area contributed by atoms with Gasteiger partial charge in [-0.2, -0.15) is 5.10 Å². The van der Waals surface area contributed by atoms with Gasteiger partial charge < -0.3 is 19.7 Å². The highest BCUT2D eigenvalue weighted by atomic mass is 79.9. The number of fused-ring (bicyclic) bond motifs is 1. The number of hydrazone groups is 1. The van der Waals surface area contributed by atoms with Crippen molar-refractivity contribution >= 4 is 45.7 Å². The number of carbonyl (C=O) groups excluding carboxylic acids is 2. The topological polar surface area (TPSA) is 92.3 Å². The molecule has 0 atom stereocenters. The molecule has 0 fully saturated rings. The van der Waals surface area contributed by atoms with E-state index in [1.165, 1.54) is 6.21 Å². The molecule has 3 aromatic rings. The van der Waals surface area contributed by atoms with E-state index in [2.05, 4.69) is 31.8 Å². The molecule has 0 unspecified atom stereocenters. The average molecular weight is 535 g/mol. The van der Waals surface area contributed by atoms with Gasteiger partial charge in [0.2, 0.25) is 6.79 Å². The first-order chi connectivity index (χ1) is 16.9. The molecule has 0 bridgehead atoms. The Morgan fingerprint density at radius 3 is 2.37 bits per heavy atom. The fourth-order valence-corrected chi connectivity index (χ4v) is 3.66. The molecule has 0 spiro atoms. The van der Waals surface area contributed by atoms with Gasteiger partial charge in [0.1, 0.15) is 5.70 Å². The van der Waals surface area contributed by atoms with Crippen LogP contribution in [0.15, 0.2) is 82.0 Å². The van der Waals surface area contributed by atoms with Crippen molar-refractivity contribution in [2.75, 3.05) is 25.8 Å². The van der Waals surface area contributed by atoms with Crippen molar-refractivity contribution in [2.24, 2.45) is 5.10 Å². The molecule has 1 aliphatic heterocycles. The summed E-state index contributed by atoms with van der Waals surface area (Å²) in [5, 5.41) is 6.75. The van der Waals surface area contributed by atoms with Gasteiger partial charge in [-0.15, -0.1) is 0 Å². The minimum Gasteiger partial charge on any atom is -0.454 e. The number of nitrogens with zero attached hydrogens (tertiary/aromatic N) is 2. The summed E-state index contributed by atoms with van der Waals surface area (Å²) in [5.74, 6) is 0.253. The predicted molar refractivity (Wildman–Crippen MR) is 139 cm³/mol. The lowest BCUT2D eigenvalue weighted by atomic mass is 10.1. The van der Waals surface area contributed by atoms with Crippen LogP contribution < -0.4 is 25.1 Å². The fourth-order valence-electron chi connectivity index (χ4n) is 3.23. The van der Waals surface area contributed by atoms with Gasteiger partial charge in [-0.3, -0.25) is 9.59 Å². The van der Waals surface area contributed by atoms with E-state index in [9.17, 15) is 9.59 Å². The maximum absolute atomic E-state index is 13.0. The minimum absolute atomic E-state index is 0.0540. The molecule has 0 radical (unpaired) electrons. The zero-order valence-corrected chi connectivity index (χ0v) is 20.7. The van der Waals surface area contributed by atoms with E-state index in [1.807, 2.05) is 49.3 Å². The van der Waals surface area contributed by atoms with E-state index in [1.54, 1.807) is 42.5 Å².